The molecule has 0 aliphatic rings. The van der Waals surface area contributed by atoms with Gasteiger partial charge >= 0.3 is 0 Å². The molecule has 0 unspecified atom stereocenters. The van der Waals surface area contributed by atoms with Crippen LogP contribution in [0.25, 0.3) is 11.0 Å². The van der Waals surface area contributed by atoms with Gasteiger partial charge in [0.05, 0.1) is 19.8 Å². The molecule has 0 saturated carbocycles. The molecule has 0 radical (unpaired) electrons. The van der Waals surface area contributed by atoms with Crippen molar-refractivity contribution in [3.05, 3.63) is 47.7 Å². The predicted molar refractivity (Wildman–Crippen MR) is 73.4 cm³/mol. The van der Waals surface area contributed by atoms with Gasteiger partial charge in [0.25, 0.3) is 0 Å². The van der Waals surface area contributed by atoms with Crippen molar-refractivity contribution in [3.63, 3.8) is 0 Å². The lowest BCUT2D eigenvalue weighted by Gasteiger charge is -2.03. The van der Waals surface area contributed by atoms with E-state index in [0.29, 0.717) is 13.2 Å². The molecule has 0 saturated heterocycles. The normalized spacial score (nSPS) is 11.7. The van der Waals surface area contributed by atoms with Gasteiger partial charge in [-0.1, -0.05) is 30.4 Å². The van der Waals surface area contributed by atoms with E-state index < -0.39 is 0 Å². The Kier molecular flexibility index (Phi) is 4.56. The highest BCUT2D eigenvalue weighted by molar-refractivity contribution is 5.82. The molecule has 3 nitrogen and oxygen atoms in total. The van der Waals surface area contributed by atoms with E-state index >= 15 is 0 Å². The molecule has 0 atom stereocenters. The van der Waals surface area contributed by atoms with Crippen LogP contribution in [0.15, 0.2) is 40.8 Å². The van der Waals surface area contributed by atoms with Crippen LogP contribution in [0.5, 0.6) is 0 Å². The van der Waals surface area contributed by atoms with Crippen molar-refractivity contribution in [2.45, 2.75) is 20.1 Å². The second kappa shape index (κ2) is 6.38. The third-order valence-corrected chi connectivity index (χ3v) is 2.82. The summed E-state index contributed by atoms with van der Waals surface area (Å²) in [6.07, 6.45) is 3.99. The van der Waals surface area contributed by atoms with E-state index in [-0.39, 0.29) is 0 Å². The van der Waals surface area contributed by atoms with Crippen molar-refractivity contribution >= 4 is 11.0 Å². The number of furan rings is 1. The van der Waals surface area contributed by atoms with E-state index in [1.54, 1.807) is 0 Å². The average Bonchev–Trinajstić information content (AvgIpc) is 2.73. The molecule has 0 fully saturated rings. The minimum Gasteiger partial charge on any atom is -0.459 e. The molecule has 0 aliphatic carbocycles. The molecule has 0 bridgehead atoms. The van der Waals surface area contributed by atoms with Gasteiger partial charge < -0.3 is 14.5 Å². The standard InChI is InChI=1S/C15H19NO2/c1-3-4-9-17-11-13-12-7-5-6-8-14(12)18-15(13)10-16-2/h3-8,16H,9-11H2,1-2H3. The predicted octanol–water partition coefficient (Wildman–Crippen LogP) is 3.24. The first-order valence-electron chi connectivity index (χ1n) is 6.19. The summed E-state index contributed by atoms with van der Waals surface area (Å²) in [5, 5.41) is 4.27. The zero-order valence-corrected chi connectivity index (χ0v) is 10.9. The maximum Gasteiger partial charge on any atom is 0.134 e. The fourth-order valence-corrected chi connectivity index (χ4v) is 1.94. The van der Waals surface area contributed by atoms with Crippen LogP contribution in [-0.2, 0) is 17.9 Å². The summed E-state index contributed by atoms with van der Waals surface area (Å²) in [5.74, 6) is 0.958. The lowest BCUT2D eigenvalue weighted by molar-refractivity contribution is 0.148. The van der Waals surface area contributed by atoms with Gasteiger partial charge in [0, 0.05) is 10.9 Å². The number of rotatable bonds is 6. The highest BCUT2D eigenvalue weighted by Gasteiger charge is 2.12. The Bertz CT molecular complexity index is 528. The summed E-state index contributed by atoms with van der Waals surface area (Å²) in [6, 6.07) is 8.08. The molecule has 1 aromatic carbocycles. The van der Waals surface area contributed by atoms with Crippen molar-refractivity contribution in [1.82, 2.24) is 5.32 Å². The monoisotopic (exact) mass is 245 g/mol. The lowest BCUT2D eigenvalue weighted by atomic mass is 10.1. The second-order valence-electron chi connectivity index (χ2n) is 4.11. The highest BCUT2D eigenvalue weighted by Crippen LogP contribution is 2.26. The number of hydrogen-bond donors (Lipinski definition) is 1. The maximum absolute atomic E-state index is 5.84. The molecule has 0 spiro atoms. The molecule has 18 heavy (non-hydrogen) atoms. The quantitative estimate of drug-likeness (QED) is 0.626. The fourth-order valence-electron chi connectivity index (χ4n) is 1.94. The van der Waals surface area contributed by atoms with Crippen LogP contribution >= 0.6 is 0 Å². The van der Waals surface area contributed by atoms with E-state index in [0.717, 1.165) is 28.8 Å². The third kappa shape index (κ3) is 2.81. The van der Waals surface area contributed by atoms with E-state index in [1.807, 2.05) is 44.3 Å². The van der Waals surface area contributed by atoms with Gasteiger partial charge in [-0.2, -0.15) is 0 Å². The van der Waals surface area contributed by atoms with Gasteiger partial charge in [-0.3, -0.25) is 0 Å². The minimum atomic E-state index is 0.582. The Morgan fingerprint density at radius 3 is 2.94 bits per heavy atom. The van der Waals surface area contributed by atoms with Crippen molar-refractivity contribution in [1.29, 1.82) is 0 Å². The van der Waals surface area contributed by atoms with Crippen molar-refractivity contribution in [3.8, 4) is 0 Å². The summed E-state index contributed by atoms with van der Waals surface area (Å²) in [5.41, 5.74) is 2.07. The number of ether oxygens (including phenoxy) is 1. The Morgan fingerprint density at radius 2 is 2.17 bits per heavy atom. The van der Waals surface area contributed by atoms with Crippen LogP contribution in [0.1, 0.15) is 18.2 Å². The molecule has 2 rings (SSSR count). The average molecular weight is 245 g/mol. The number of hydrogen-bond acceptors (Lipinski definition) is 3. The van der Waals surface area contributed by atoms with Gasteiger partial charge in [0.15, 0.2) is 0 Å². The summed E-state index contributed by atoms with van der Waals surface area (Å²) in [6.45, 7) is 3.92. The van der Waals surface area contributed by atoms with Crippen molar-refractivity contribution < 1.29 is 9.15 Å². The molecule has 2 aromatic rings. The van der Waals surface area contributed by atoms with Crippen LogP contribution < -0.4 is 5.32 Å². The van der Waals surface area contributed by atoms with Crippen molar-refractivity contribution in [2.75, 3.05) is 13.7 Å². The lowest BCUT2D eigenvalue weighted by Crippen LogP contribution is -2.06. The summed E-state index contributed by atoms with van der Waals surface area (Å²) in [7, 11) is 1.91. The first-order chi connectivity index (χ1) is 8.86. The number of benzene rings is 1. The van der Waals surface area contributed by atoms with Crippen LogP contribution in [0, 0.1) is 0 Å². The molecule has 1 aromatic heterocycles. The summed E-state index contributed by atoms with van der Waals surface area (Å²) >= 11 is 0. The van der Waals surface area contributed by atoms with Crippen LogP contribution in [0.3, 0.4) is 0 Å². The Labute approximate surface area is 107 Å². The number of para-hydroxylation sites is 1. The first kappa shape index (κ1) is 12.9. The summed E-state index contributed by atoms with van der Waals surface area (Å²) < 4.78 is 11.5. The second-order valence-corrected chi connectivity index (χ2v) is 4.11. The number of allylic oxidation sites excluding steroid dienone is 1. The molecular formula is C15H19NO2. The largest absolute Gasteiger partial charge is 0.459 e. The SMILES string of the molecule is CC=CCOCc1c(CNC)oc2ccccc12. The van der Waals surface area contributed by atoms with E-state index in [4.69, 9.17) is 9.15 Å². The van der Waals surface area contributed by atoms with Crippen LogP contribution in [0.4, 0.5) is 0 Å². The van der Waals surface area contributed by atoms with E-state index in [2.05, 4.69) is 11.4 Å². The summed E-state index contributed by atoms with van der Waals surface area (Å²) in [4.78, 5) is 0. The Balaban J connectivity index is 2.24. The van der Waals surface area contributed by atoms with Crippen LogP contribution in [-0.4, -0.2) is 13.7 Å². The van der Waals surface area contributed by atoms with Gasteiger partial charge in [-0.15, -0.1) is 0 Å². The smallest absolute Gasteiger partial charge is 0.134 e. The molecule has 1 heterocycles. The molecule has 0 amide bonds. The van der Waals surface area contributed by atoms with Gasteiger partial charge in [0.2, 0.25) is 0 Å². The maximum atomic E-state index is 5.84. The minimum absolute atomic E-state index is 0.582. The molecular weight excluding hydrogens is 226 g/mol. The van der Waals surface area contributed by atoms with Crippen molar-refractivity contribution in [2.24, 2.45) is 0 Å². The van der Waals surface area contributed by atoms with Gasteiger partial charge in [0.1, 0.15) is 11.3 Å². The van der Waals surface area contributed by atoms with E-state index in [1.165, 1.54) is 0 Å². The molecule has 3 heteroatoms. The fraction of sp³-hybridized carbons (Fsp3) is 0.333. The Morgan fingerprint density at radius 1 is 1.33 bits per heavy atom. The molecule has 0 aliphatic heterocycles. The first-order valence-corrected chi connectivity index (χ1v) is 6.19. The zero-order valence-electron chi connectivity index (χ0n) is 10.9. The van der Waals surface area contributed by atoms with E-state index in [9.17, 15) is 0 Å². The highest BCUT2D eigenvalue weighted by atomic mass is 16.5. The number of nitrogens with one attached hydrogen (secondary N) is 1. The molecule has 1 N–H and O–H groups in total. The topological polar surface area (TPSA) is 34.4 Å². The third-order valence-electron chi connectivity index (χ3n) is 2.82. The molecule has 96 valence electrons. The zero-order chi connectivity index (χ0) is 12.8. The number of fused-ring (bicyclic) bond motifs is 1. The van der Waals surface area contributed by atoms with Gasteiger partial charge in [-0.05, 0) is 20.0 Å². The van der Waals surface area contributed by atoms with Crippen LogP contribution in [0.2, 0.25) is 0 Å². The Hall–Kier alpha value is -1.58. The van der Waals surface area contributed by atoms with Gasteiger partial charge in [-0.25, -0.2) is 0 Å².